The summed E-state index contributed by atoms with van der Waals surface area (Å²) in [6, 6.07) is 0.318. The lowest BCUT2D eigenvalue weighted by molar-refractivity contribution is 0.248. The lowest BCUT2D eigenvalue weighted by Crippen LogP contribution is -2.31. The van der Waals surface area contributed by atoms with Crippen LogP contribution in [-0.4, -0.2) is 40.6 Å². The SMILES string of the molecule is CN1CCCC(c2cn3c(n2)CCC(N)C3)C1. The molecule has 2 aliphatic rings. The lowest BCUT2D eigenvalue weighted by Gasteiger charge is -2.28. The van der Waals surface area contributed by atoms with Crippen molar-refractivity contribution in [1.29, 1.82) is 0 Å². The van der Waals surface area contributed by atoms with Crippen LogP contribution < -0.4 is 5.73 Å². The van der Waals surface area contributed by atoms with Gasteiger partial charge in [0.25, 0.3) is 0 Å². The second-order valence-electron chi connectivity index (χ2n) is 5.63. The van der Waals surface area contributed by atoms with Gasteiger partial charge in [-0.05, 0) is 32.9 Å². The normalized spacial score (nSPS) is 30.2. The van der Waals surface area contributed by atoms with Crippen LogP contribution in [0, 0.1) is 0 Å². The molecule has 1 aromatic rings. The van der Waals surface area contributed by atoms with E-state index in [4.69, 9.17) is 10.7 Å². The molecule has 1 saturated heterocycles. The van der Waals surface area contributed by atoms with Gasteiger partial charge in [0.2, 0.25) is 0 Å². The predicted octanol–water partition coefficient (Wildman–Crippen LogP) is 0.966. The molecule has 17 heavy (non-hydrogen) atoms. The highest BCUT2D eigenvalue weighted by atomic mass is 15.1. The summed E-state index contributed by atoms with van der Waals surface area (Å²) in [5.41, 5.74) is 7.29. The van der Waals surface area contributed by atoms with Gasteiger partial charge in [-0.25, -0.2) is 4.98 Å². The molecule has 3 rings (SSSR count). The summed E-state index contributed by atoms with van der Waals surface area (Å²) in [7, 11) is 2.21. The molecular formula is C13H22N4. The maximum atomic E-state index is 6.00. The minimum absolute atomic E-state index is 0.318. The van der Waals surface area contributed by atoms with Gasteiger partial charge in [0, 0.05) is 37.7 Å². The summed E-state index contributed by atoms with van der Waals surface area (Å²) in [5.74, 6) is 1.87. The summed E-state index contributed by atoms with van der Waals surface area (Å²) in [5, 5.41) is 0. The van der Waals surface area contributed by atoms with E-state index in [0.717, 1.165) is 25.9 Å². The minimum Gasteiger partial charge on any atom is -0.333 e. The van der Waals surface area contributed by atoms with Crippen LogP contribution in [0.25, 0.3) is 0 Å². The Morgan fingerprint density at radius 2 is 2.24 bits per heavy atom. The van der Waals surface area contributed by atoms with E-state index in [1.807, 2.05) is 0 Å². The number of aromatic nitrogens is 2. The van der Waals surface area contributed by atoms with Gasteiger partial charge in [0.05, 0.1) is 5.69 Å². The Morgan fingerprint density at radius 1 is 1.35 bits per heavy atom. The summed E-state index contributed by atoms with van der Waals surface area (Å²) in [6.45, 7) is 3.34. The van der Waals surface area contributed by atoms with Crippen molar-refractivity contribution in [3.05, 3.63) is 17.7 Å². The second-order valence-corrected chi connectivity index (χ2v) is 5.63. The fourth-order valence-electron chi connectivity index (χ4n) is 3.10. The minimum atomic E-state index is 0.318. The van der Waals surface area contributed by atoms with Crippen LogP contribution in [0.1, 0.15) is 36.7 Å². The topological polar surface area (TPSA) is 47.1 Å². The van der Waals surface area contributed by atoms with Crippen molar-refractivity contribution in [2.45, 2.75) is 44.2 Å². The first-order chi connectivity index (χ1) is 8.22. The molecule has 0 bridgehead atoms. The quantitative estimate of drug-likeness (QED) is 0.787. The molecule has 4 nitrogen and oxygen atoms in total. The first-order valence-electron chi connectivity index (χ1n) is 6.72. The fraction of sp³-hybridized carbons (Fsp3) is 0.769. The predicted molar refractivity (Wildman–Crippen MR) is 68.0 cm³/mol. The van der Waals surface area contributed by atoms with Crippen molar-refractivity contribution in [1.82, 2.24) is 14.5 Å². The standard InChI is InChI=1S/C13H22N4/c1-16-6-2-3-10(7-16)12-9-17-8-11(14)4-5-13(17)15-12/h9-11H,2-8,14H2,1H3. The van der Waals surface area contributed by atoms with E-state index < -0.39 is 0 Å². The van der Waals surface area contributed by atoms with Gasteiger partial charge in [-0.15, -0.1) is 0 Å². The van der Waals surface area contributed by atoms with Crippen LogP contribution in [0.15, 0.2) is 6.20 Å². The molecule has 0 radical (unpaired) electrons. The van der Waals surface area contributed by atoms with E-state index in [0.29, 0.717) is 12.0 Å². The van der Waals surface area contributed by atoms with Crippen LogP contribution >= 0.6 is 0 Å². The highest BCUT2D eigenvalue weighted by molar-refractivity contribution is 5.13. The number of imidazole rings is 1. The number of likely N-dealkylation sites (tertiary alicyclic amines) is 1. The molecule has 0 aromatic carbocycles. The fourth-order valence-corrected chi connectivity index (χ4v) is 3.10. The zero-order valence-corrected chi connectivity index (χ0v) is 10.6. The maximum Gasteiger partial charge on any atom is 0.109 e. The maximum absolute atomic E-state index is 6.00. The Balaban J connectivity index is 1.79. The van der Waals surface area contributed by atoms with E-state index in [1.165, 1.54) is 30.9 Å². The third-order valence-corrected chi connectivity index (χ3v) is 4.09. The van der Waals surface area contributed by atoms with E-state index >= 15 is 0 Å². The molecule has 2 atom stereocenters. The van der Waals surface area contributed by atoms with Crippen molar-refractivity contribution in [2.75, 3.05) is 20.1 Å². The van der Waals surface area contributed by atoms with Gasteiger partial charge in [-0.2, -0.15) is 0 Å². The molecule has 1 aromatic heterocycles. The highest BCUT2D eigenvalue weighted by Crippen LogP contribution is 2.27. The molecule has 0 aliphatic carbocycles. The van der Waals surface area contributed by atoms with E-state index in [-0.39, 0.29) is 0 Å². The highest BCUT2D eigenvalue weighted by Gasteiger charge is 2.24. The zero-order chi connectivity index (χ0) is 11.8. The molecule has 1 fully saturated rings. The van der Waals surface area contributed by atoms with Crippen LogP contribution in [0.5, 0.6) is 0 Å². The molecular weight excluding hydrogens is 212 g/mol. The number of hydrogen-bond donors (Lipinski definition) is 1. The van der Waals surface area contributed by atoms with Gasteiger partial charge in [0.1, 0.15) is 5.82 Å². The van der Waals surface area contributed by atoms with E-state index in [2.05, 4.69) is 22.7 Å². The summed E-state index contributed by atoms with van der Waals surface area (Å²) < 4.78 is 2.28. The summed E-state index contributed by atoms with van der Waals surface area (Å²) in [4.78, 5) is 7.24. The molecule has 4 heteroatoms. The second kappa shape index (κ2) is 4.42. The number of fused-ring (bicyclic) bond motifs is 1. The number of piperidine rings is 1. The molecule has 0 saturated carbocycles. The molecule has 94 valence electrons. The van der Waals surface area contributed by atoms with E-state index in [9.17, 15) is 0 Å². The van der Waals surface area contributed by atoms with Crippen molar-refractivity contribution in [3.8, 4) is 0 Å². The van der Waals surface area contributed by atoms with Crippen molar-refractivity contribution in [3.63, 3.8) is 0 Å². The first kappa shape index (κ1) is 11.2. The Bertz CT molecular complexity index is 398. The number of hydrogen-bond acceptors (Lipinski definition) is 3. The molecule has 2 aliphatic heterocycles. The average Bonchev–Trinajstić information content (AvgIpc) is 2.72. The Kier molecular flexibility index (Phi) is 2.92. The number of nitrogens with two attached hydrogens (primary N) is 1. The summed E-state index contributed by atoms with van der Waals surface area (Å²) in [6.07, 6.45) is 6.96. The third-order valence-electron chi connectivity index (χ3n) is 4.09. The average molecular weight is 234 g/mol. The van der Waals surface area contributed by atoms with Gasteiger partial charge in [0.15, 0.2) is 0 Å². The third kappa shape index (κ3) is 2.24. The van der Waals surface area contributed by atoms with Crippen LogP contribution in [0.2, 0.25) is 0 Å². The smallest absolute Gasteiger partial charge is 0.109 e. The Morgan fingerprint density at radius 3 is 3.06 bits per heavy atom. The van der Waals surface area contributed by atoms with Crippen molar-refractivity contribution < 1.29 is 0 Å². The molecule has 2 N–H and O–H groups in total. The van der Waals surface area contributed by atoms with Crippen LogP contribution in [-0.2, 0) is 13.0 Å². The van der Waals surface area contributed by atoms with Crippen LogP contribution in [0.3, 0.4) is 0 Å². The zero-order valence-electron chi connectivity index (χ0n) is 10.6. The molecule has 3 heterocycles. The summed E-state index contributed by atoms with van der Waals surface area (Å²) >= 11 is 0. The number of aryl methyl sites for hydroxylation is 1. The number of rotatable bonds is 1. The van der Waals surface area contributed by atoms with Gasteiger partial charge in [-0.3, -0.25) is 0 Å². The largest absolute Gasteiger partial charge is 0.333 e. The van der Waals surface area contributed by atoms with Crippen LogP contribution in [0.4, 0.5) is 0 Å². The number of likely N-dealkylation sites (N-methyl/N-ethyl adjacent to an activating group) is 1. The van der Waals surface area contributed by atoms with Crippen molar-refractivity contribution >= 4 is 0 Å². The van der Waals surface area contributed by atoms with Crippen molar-refractivity contribution in [2.24, 2.45) is 5.73 Å². The Hall–Kier alpha value is -0.870. The Labute approximate surface area is 103 Å². The van der Waals surface area contributed by atoms with E-state index in [1.54, 1.807) is 0 Å². The monoisotopic (exact) mass is 234 g/mol. The molecule has 0 spiro atoms. The molecule has 2 unspecified atom stereocenters. The number of nitrogens with zero attached hydrogens (tertiary/aromatic N) is 3. The van der Waals surface area contributed by atoms with Gasteiger partial charge >= 0.3 is 0 Å². The van der Waals surface area contributed by atoms with Gasteiger partial charge < -0.3 is 15.2 Å². The van der Waals surface area contributed by atoms with Gasteiger partial charge in [-0.1, -0.05) is 0 Å². The lowest BCUT2D eigenvalue weighted by atomic mass is 9.96. The molecule has 0 amide bonds. The first-order valence-corrected chi connectivity index (χ1v) is 6.72.